The van der Waals surface area contributed by atoms with Crippen molar-refractivity contribution in [3.8, 4) is 5.00 Å². The van der Waals surface area contributed by atoms with Gasteiger partial charge in [-0.1, -0.05) is 18.2 Å². The summed E-state index contributed by atoms with van der Waals surface area (Å²) < 4.78 is 1.96. The zero-order valence-corrected chi connectivity index (χ0v) is 22.6. The third kappa shape index (κ3) is 4.58. The quantitative estimate of drug-likeness (QED) is 0.301. The standard InChI is InChI=1S/C28H28N6O3S/c1-14-16(3)38-27-23(14)25(31-24(15(2)28(36)37)26-33-32-17(4)34(26)27)19-9-11-20(12-10-19)30-22-8-6-7-21(13-22)29-18(5)35/h6-13,15,24,30H,1-5H3,(H,29,35)(H,36,37)/t15-,24?/m0/s1. The van der Waals surface area contributed by atoms with E-state index in [0.29, 0.717) is 17.3 Å². The number of fused-ring (bicyclic) bond motifs is 3. The molecular weight excluding hydrogens is 500 g/mol. The first kappa shape index (κ1) is 25.3. The first-order valence-electron chi connectivity index (χ1n) is 12.2. The lowest BCUT2D eigenvalue weighted by atomic mass is 9.98. The van der Waals surface area contributed by atoms with Crippen molar-refractivity contribution in [2.24, 2.45) is 10.9 Å². The van der Waals surface area contributed by atoms with Crippen molar-refractivity contribution < 1.29 is 14.7 Å². The predicted octanol–water partition coefficient (Wildman–Crippen LogP) is 5.57. The Bertz CT molecular complexity index is 1580. The minimum Gasteiger partial charge on any atom is -0.481 e. The Balaban J connectivity index is 1.56. The molecule has 1 amide bonds. The van der Waals surface area contributed by atoms with Gasteiger partial charge in [0.1, 0.15) is 16.9 Å². The molecular formula is C28H28N6O3S. The highest BCUT2D eigenvalue weighted by atomic mass is 32.1. The summed E-state index contributed by atoms with van der Waals surface area (Å²) in [5.41, 5.74) is 6.11. The molecule has 2 aromatic heterocycles. The lowest BCUT2D eigenvalue weighted by Gasteiger charge is -2.16. The number of rotatable bonds is 6. The summed E-state index contributed by atoms with van der Waals surface area (Å²) in [4.78, 5) is 29.7. The topological polar surface area (TPSA) is 122 Å². The maximum Gasteiger partial charge on any atom is 0.308 e. The number of aliphatic imine (C=N–C) groups is 1. The predicted molar refractivity (Wildman–Crippen MR) is 149 cm³/mol. The van der Waals surface area contributed by atoms with Crippen LogP contribution in [0.4, 0.5) is 17.1 Å². The maximum absolute atomic E-state index is 12.0. The fourth-order valence-corrected chi connectivity index (χ4v) is 5.79. The molecule has 0 saturated carbocycles. The molecule has 0 aliphatic carbocycles. The Hall–Kier alpha value is -4.31. The van der Waals surface area contributed by atoms with Crippen LogP contribution in [0.3, 0.4) is 0 Å². The number of hydrogen-bond acceptors (Lipinski definition) is 7. The van der Waals surface area contributed by atoms with Crippen LogP contribution in [0.25, 0.3) is 5.00 Å². The zero-order chi connectivity index (χ0) is 27.1. The third-order valence-corrected chi connectivity index (χ3v) is 7.87. The van der Waals surface area contributed by atoms with E-state index in [0.717, 1.165) is 43.7 Å². The Labute approximate surface area is 224 Å². The molecule has 38 heavy (non-hydrogen) atoms. The van der Waals surface area contributed by atoms with Crippen molar-refractivity contribution in [1.82, 2.24) is 14.8 Å². The molecule has 0 fully saturated rings. The fraction of sp³-hybridized carbons (Fsp3) is 0.250. The molecule has 1 aliphatic heterocycles. The summed E-state index contributed by atoms with van der Waals surface area (Å²) in [6.07, 6.45) is 0. The average molecular weight is 529 g/mol. The number of amides is 1. The fourth-order valence-electron chi connectivity index (χ4n) is 4.57. The number of carbonyl (C=O) groups is 2. The normalized spacial score (nSPS) is 15.1. The van der Waals surface area contributed by atoms with E-state index in [1.807, 2.05) is 60.0 Å². The zero-order valence-electron chi connectivity index (χ0n) is 21.7. The van der Waals surface area contributed by atoms with Gasteiger partial charge in [0.25, 0.3) is 0 Å². The van der Waals surface area contributed by atoms with Crippen molar-refractivity contribution >= 4 is 46.0 Å². The SMILES string of the molecule is CC(=O)Nc1cccc(Nc2ccc(C3=NC([C@H](C)C(=O)O)c4nnc(C)n4-c4sc(C)c(C)c43)cc2)c1. The Morgan fingerprint density at radius 3 is 2.42 bits per heavy atom. The summed E-state index contributed by atoms with van der Waals surface area (Å²) in [7, 11) is 0. The number of carboxylic acid groups (broad SMARTS) is 1. The van der Waals surface area contributed by atoms with Crippen LogP contribution in [0.1, 0.15) is 53.1 Å². The molecule has 2 atom stereocenters. The largest absolute Gasteiger partial charge is 0.481 e. The van der Waals surface area contributed by atoms with Gasteiger partial charge < -0.3 is 15.7 Å². The second-order valence-corrected chi connectivity index (χ2v) is 10.6. The summed E-state index contributed by atoms with van der Waals surface area (Å²) in [6, 6.07) is 14.7. The van der Waals surface area contributed by atoms with E-state index in [4.69, 9.17) is 4.99 Å². The smallest absolute Gasteiger partial charge is 0.308 e. The van der Waals surface area contributed by atoms with Gasteiger partial charge in [0.05, 0.1) is 11.6 Å². The number of aromatic nitrogens is 3. The Kier molecular flexibility index (Phi) is 6.58. The molecule has 0 radical (unpaired) electrons. The molecule has 0 spiro atoms. The molecule has 4 aromatic rings. The van der Waals surface area contributed by atoms with Gasteiger partial charge in [-0.05, 0) is 63.6 Å². The third-order valence-electron chi connectivity index (χ3n) is 6.68. The number of benzene rings is 2. The van der Waals surface area contributed by atoms with E-state index in [2.05, 4.69) is 34.7 Å². The second-order valence-electron chi connectivity index (χ2n) is 9.42. The van der Waals surface area contributed by atoms with E-state index < -0.39 is 17.9 Å². The van der Waals surface area contributed by atoms with Gasteiger partial charge in [-0.25, -0.2) is 0 Å². The maximum atomic E-state index is 12.0. The monoisotopic (exact) mass is 528 g/mol. The van der Waals surface area contributed by atoms with Crippen LogP contribution in [0.5, 0.6) is 0 Å². The van der Waals surface area contributed by atoms with Crippen LogP contribution in [0, 0.1) is 26.7 Å². The molecule has 194 valence electrons. The summed E-state index contributed by atoms with van der Waals surface area (Å²) in [5.74, 6) is -0.628. The number of carbonyl (C=O) groups excluding carboxylic acids is 1. The molecule has 0 bridgehead atoms. The summed E-state index contributed by atoms with van der Waals surface area (Å²) in [6.45, 7) is 9.15. The Morgan fingerprint density at radius 2 is 1.74 bits per heavy atom. The molecule has 1 unspecified atom stereocenters. The van der Waals surface area contributed by atoms with E-state index >= 15 is 0 Å². The van der Waals surface area contributed by atoms with E-state index in [1.165, 1.54) is 6.92 Å². The highest BCUT2D eigenvalue weighted by molar-refractivity contribution is 7.15. The second kappa shape index (κ2) is 9.86. The van der Waals surface area contributed by atoms with Gasteiger partial charge in [0.15, 0.2) is 5.82 Å². The van der Waals surface area contributed by atoms with Crippen LogP contribution < -0.4 is 10.6 Å². The first-order valence-corrected chi connectivity index (χ1v) is 13.0. The molecule has 5 rings (SSSR count). The minimum atomic E-state index is -0.940. The van der Waals surface area contributed by atoms with Gasteiger partial charge in [0.2, 0.25) is 5.91 Å². The molecule has 3 N–H and O–H groups in total. The van der Waals surface area contributed by atoms with Crippen molar-refractivity contribution in [3.63, 3.8) is 0 Å². The number of aryl methyl sites for hydroxylation is 2. The van der Waals surface area contributed by atoms with Gasteiger partial charge in [0, 0.05) is 40.0 Å². The molecule has 9 nitrogen and oxygen atoms in total. The number of carboxylic acids is 1. The van der Waals surface area contributed by atoms with Crippen LogP contribution in [0.2, 0.25) is 0 Å². The van der Waals surface area contributed by atoms with Crippen molar-refractivity contribution in [1.29, 1.82) is 0 Å². The number of aliphatic carboxylic acids is 1. The first-order chi connectivity index (χ1) is 18.1. The molecule has 10 heteroatoms. The molecule has 2 aromatic carbocycles. The molecule has 0 saturated heterocycles. The van der Waals surface area contributed by atoms with Crippen molar-refractivity contribution in [2.45, 2.75) is 40.7 Å². The van der Waals surface area contributed by atoms with Crippen LogP contribution in [0.15, 0.2) is 53.5 Å². The average Bonchev–Trinajstić information content (AvgIpc) is 3.33. The van der Waals surface area contributed by atoms with Crippen molar-refractivity contribution in [3.05, 3.63) is 81.7 Å². The highest BCUT2D eigenvalue weighted by Crippen LogP contribution is 2.40. The van der Waals surface area contributed by atoms with Crippen LogP contribution in [-0.2, 0) is 9.59 Å². The van der Waals surface area contributed by atoms with Crippen molar-refractivity contribution in [2.75, 3.05) is 10.6 Å². The van der Waals surface area contributed by atoms with Gasteiger partial charge in [-0.3, -0.25) is 19.1 Å². The van der Waals surface area contributed by atoms with E-state index in [9.17, 15) is 14.7 Å². The Morgan fingerprint density at radius 1 is 1.03 bits per heavy atom. The summed E-state index contributed by atoms with van der Waals surface area (Å²) in [5, 5.41) is 25.6. The minimum absolute atomic E-state index is 0.127. The van der Waals surface area contributed by atoms with Crippen LogP contribution >= 0.6 is 11.3 Å². The van der Waals surface area contributed by atoms with E-state index in [-0.39, 0.29) is 5.91 Å². The lowest BCUT2D eigenvalue weighted by Crippen LogP contribution is -2.21. The van der Waals surface area contributed by atoms with E-state index in [1.54, 1.807) is 18.3 Å². The van der Waals surface area contributed by atoms with Gasteiger partial charge in [-0.15, -0.1) is 21.5 Å². The number of nitrogens with zero attached hydrogens (tertiary/aromatic N) is 4. The van der Waals surface area contributed by atoms with Gasteiger partial charge in [-0.2, -0.15) is 0 Å². The lowest BCUT2D eigenvalue weighted by molar-refractivity contribution is -0.141. The number of hydrogen-bond donors (Lipinski definition) is 3. The van der Waals surface area contributed by atoms with Crippen LogP contribution in [-0.4, -0.2) is 37.5 Å². The summed E-state index contributed by atoms with van der Waals surface area (Å²) >= 11 is 1.63. The van der Waals surface area contributed by atoms with Gasteiger partial charge >= 0.3 is 5.97 Å². The number of thiophene rings is 1. The molecule has 1 aliphatic rings. The number of nitrogens with one attached hydrogen (secondary N) is 2. The highest BCUT2D eigenvalue weighted by Gasteiger charge is 2.36. The number of anilines is 3. The molecule has 3 heterocycles.